The Hall–Kier alpha value is -2.83. The molecule has 3 aromatic rings. The van der Waals surface area contributed by atoms with Crippen molar-refractivity contribution in [3.8, 4) is 11.3 Å². The number of carbonyl (C=O) groups is 1. The van der Waals surface area contributed by atoms with Gasteiger partial charge in [-0.15, -0.1) is 10.2 Å². The Bertz CT molecular complexity index is 701. The van der Waals surface area contributed by atoms with E-state index in [4.69, 9.17) is 0 Å². The Labute approximate surface area is 108 Å². The van der Waals surface area contributed by atoms with Crippen LogP contribution in [0, 0.1) is 6.92 Å². The zero-order valence-corrected chi connectivity index (χ0v) is 10.1. The second kappa shape index (κ2) is 4.45. The zero-order chi connectivity index (χ0) is 13.2. The maximum Gasteiger partial charge on any atom is 0.372 e. The summed E-state index contributed by atoms with van der Waals surface area (Å²) in [6, 6.07) is 9.08. The molecule has 2 aromatic heterocycles. The fourth-order valence-corrected chi connectivity index (χ4v) is 1.83. The molecule has 0 N–H and O–H groups in total. The summed E-state index contributed by atoms with van der Waals surface area (Å²) < 4.78 is 2.33. The Morgan fingerprint density at radius 1 is 1.16 bits per heavy atom. The van der Waals surface area contributed by atoms with E-state index in [1.54, 1.807) is 6.92 Å². The predicted octanol–water partition coefficient (Wildman–Crippen LogP) is 1.36. The van der Waals surface area contributed by atoms with Gasteiger partial charge in [0.25, 0.3) is 0 Å². The van der Waals surface area contributed by atoms with Crippen LogP contribution in [0.15, 0.2) is 42.7 Å². The third kappa shape index (κ3) is 1.90. The van der Waals surface area contributed by atoms with Gasteiger partial charge in [-0.05, 0) is 6.92 Å². The van der Waals surface area contributed by atoms with E-state index in [1.807, 2.05) is 30.3 Å². The summed E-state index contributed by atoms with van der Waals surface area (Å²) in [5.41, 5.74) is 2.21. The first-order valence-electron chi connectivity index (χ1n) is 5.66. The average molecular weight is 254 g/mol. The highest BCUT2D eigenvalue weighted by molar-refractivity contribution is 5.82. The van der Waals surface area contributed by atoms with Gasteiger partial charge >= 0.3 is 6.03 Å². The van der Waals surface area contributed by atoms with Gasteiger partial charge in [0.15, 0.2) is 0 Å². The van der Waals surface area contributed by atoms with Crippen LogP contribution in [-0.4, -0.2) is 36.0 Å². The minimum atomic E-state index is -0.419. The number of hydrogen-bond acceptors (Lipinski definition) is 5. The molecule has 0 aliphatic heterocycles. The topological polar surface area (TPSA) is 78.5 Å². The second-order valence-corrected chi connectivity index (χ2v) is 3.93. The van der Waals surface area contributed by atoms with Crippen molar-refractivity contribution in [2.24, 2.45) is 0 Å². The highest BCUT2D eigenvalue weighted by Crippen LogP contribution is 2.21. The summed E-state index contributed by atoms with van der Waals surface area (Å²) in [5, 5.41) is 15.1. The number of aryl methyl sites for hydroxylation is 1. The van der Waals surface area contributed by atoms with Crippen molar-refractivity contribution in [1.82, 2.24) is 30.0 Å². The lowest BCUT2D eigenvalue weighted by atomic mass is 10.1. The Morgan fingerprint density at radius 3 is 2.63 bits per heavy atom. The molecule has 0 aliphatic rings. The maximum absolute atomic E-state index is 12.2. The molecule has 0 atom stereocenters. The summed E-state index contributed by atoms with van der Waals surface area (Å²) in [6.45, 7) is 1.81. The molecule has 7 heteroatoms. The molecular formula is C12H10N6O. The summed E-state index contributed by atoms with van der Waals surface area (Å²) in [7, 11) is 0. The lowest BCUT2D eigenvalue weighted by Crippen LogP contribution is -2.22. The highest BCUT2D eigenvalue weighted by Gasteiger charge is 2.18. The van der Waals surface area contributed by atoms with Crippen LogP contribution >= 0.6 is 0 Å². The molecule has 0 bridgehead atoms. The number of rotatable bonds is 1. The van der Waals surface area contributed by atoms with E-state index in [0.29, 0.717) is 11.4 Å². The van der Waals surface area contributed by atoms with Crippen molar-refractivity contribution in [3.05, 3.63) is 48.4 Å². The first-order chi connectivity index (χ1) is 9.27. The van der Waals surface area contributed by atoms with Crippen LogP contribution in [-0.2, 0) is 0 Å². The molecule has 94 valence electrons. The van der Waals surface area contributed by atoms with E-state index in [2.05, 4.69) is 20.6 Å². The molecule has 2 heterocycles. The molecule has 0 amide bonds. The van der Waals surface area contributed by atoms with Gasteiger partial charge in [0.05, 0.1) is 18.1 Å². The van der Waals surface area contributed by atoms with E-state index < -0.39 is 6.03 Å². The van der Waals surface area contributed by atoms with Gasteiger partial charge in [-0.25, -0.2) is 4.79 Å². The predicted molar refractivity (Wildman–Crippen MR) is 66.4 cm³/mol. The maximum atomic E-state index is 12.2. The van der Waals surface area contributed by atoms with Crippen LogP contribution in [0.1, 0.15) is 5.69 Å². The summed E-state index contributed by atoms with van der Waals surface area (Å²) in [6.07, 6.45) is 2.90. The van der Waals surface area contributed by atoms with Gasteiger partial charge < -0.3 is 0 Å². The molecular weight excluding hydrogens is 244 g/mol. The summed E-state index contributed by atoms with van der Waals surface area (Å²) >= 11 is 0. The average Bonchev–Trinajstić information content (AvgIpc) is 3.08. The normalized spacial score (nSPS) is 10.6. The molecule has 19 heavy (non-hydrogen) atoms. The molecule has 0 spiro atoms. The minimum Gasteiger partial charge on any atom is -0.243 e. The molecule has 7 nitrogen and oxygen atoms in total. The minimum absolute atomic E-state index is 0.419. The number of aromatic nitrogens is 6. The van der Waals surface area contributed by atoms with Crippen LogP contribution in [0.25, 0.3) is 11.3 Å². The van der Waals surface area contributed by atoms with Crippen molar-refractivity contribution < 1.29 is 4.79 Å². The van der Waals surface area contributed by atoms with Crippen molar-refractivity contribution in [1.29, 1.82) is 0 Å². The second-order valence-electron chi connectivity index (χ2n) is 3.93. The van der Waals surface area contributed by atoms with E-state index >= 15 is 0 Å². The van der Waals surface area contributed by atoms with Crippen molar-refractivity contribution in [3.63, 3.8) is 0 Å². The number of carbonyl (C=O) groups excluding carboxylic acids is 1. The molecule has 1 aromatic carbocycles. The molecule has 0 saturated heterocycles. The van der Waals surface area contributed by atoms with Crippen molar-refractivity contribution in [2.75, 3.05) is 0 Å². The van der Waals surface area contributed by atoms with Crippen LogP contribution < -0.4 is 0 Å². The largest absolute Gasteiger partial charge is 0.372 e. The lowest BCUT2D eigenvalue weighted by molar-refractivity contribution is 0.237. The number of benzene rings is 1. The lowest BCUT2D eigenvalue weighted by Gasteiger charge is -2.05. The number of hydrogen-bond donors (Lipinski definition) is 0. The van der Waals surface area contributed by atoms with Crippen LogP contribution in [0.5, 0.6) is 0 Å². The fourth-order valence-electron chi connectivity index (χ4n) is 1.83. The molecule has 0 radical (unpaired) electrons. The van der Waals surface area contributed by atoms with E-state index in [9.17, 15) is 4.79 Å². The molecule has 0 unspecified atom stereocenters. The van der Waals surface area contributed by atoms with E-state index in [1.165, 1.54) is 17.1 Å². The molecule has 0 aliphatic carbocycles. The number of nitrogens with zero attached hydrogens (tertiary/aromatic N) is 6. The summed E-state index contributed by atoms with van der Waals surface area (Å²) in [5.74, 6) is 0. The molecule has 0 saturated carbocycles. The van der Waals surface area contributed by atoms with Crippen molar-refractivity contribution >= 4 is 6.03 Å². The SMILES string of the molecule is Cc1nnn(C(=O)n2ccnn2)c1-c1ccccc1. The quantitative estimate of drug-likeness (QED) is 0.655. The van der Waals surface area contributed by atoms with Crippen LogP contribution in [0.3, 0.4) is 0 Å². The first kappa shape index (κ1) is 11.3. The van der Waals surface area contributed by atoms with E-state index in [-0.39, 0.29) is 0 Å². The highest BCUT2D eigenvalue weighted by atomic mass is 16.2. The van der Waals surface area contributed by atoms with Gasteiger partial charge in [0.1, 0.15) is 5.69 Å². The zero-order valence-electron chi connectivity index (χ0n) is 10.1. The Morgan fingerprint density at radius 2 is 1.95 bits per heavy atom. The van der Waals surface area contributed by atoms with Gasteiger partial charge in [0.2, 0.25) is 0 Å². The molecule has 0 fully saturated rings. The van der Waals surface area contributed by atoms with E-state index in [0.717, 1.165) is 10.2 Å². The fraction of sp³-hybridized carbons (Fsp3) is 0.0833. The van der Waals surface area contributed by atoms with Gasteiger partial charge in [-0.3, -0.25) is 0 Å². The summed E-state index contributed by atoms with van der Waals surface area (Å²) in [4.78, 5) is 12.2. The van der Waals surface area contributed by atoms with Gasteiger partial charge in [0, 0.05) is 5.56 Å². The smallest absolute Gasteiger partial charge is 0.243 e. The molecule has 3 rings (SSSR count). The third-order valence-corrected chi connectivity index (χ3v) is 2.69. The first-order valence-corrected chi connectivity index (χ1v) is 5.66. The Kier molecular flexibility index (Phi) is 2.64. The van der Waals surface area contributed by atoms with Gasteiger partial charge in [-0.2, -0.15) is 9.36 Å². The Balaban J connectivity index is 2.12. The monoisotopic (exact) mass is 254 g/mol. The standard InChI is InChI=1S/C12H10N6O/c1-9-11(10-5-3-2-4-6-10)18(16-14-9)12(19)17-8-7-13-15-17/h2-8H,1H3. The third-order valence-electron chi connectivity index (χ3n) is 2.69. The van der Waals surface area contributed by atoms with Gasteiger partial charge in [-0.1, -0.05) is 40.8 Å². The van der Waals surface area contributed by atoms with Crippen molar-refractivity contribution in [2.45, 2.75) is 6.92 Å². The van der Waals surface area contributed by atoms with Crippen LogP contribution in [0.2, 0.25) is 0 Å². The van der Waals surface area contributed by atoms with Crippen LogP contribution in [0.4, 0.5) is 4.79 Å².